The van der Waals surface area contributed by atoms with Crippen molar-refractivity contribution in [3.05, 3.63) is 60.0 Å². The number of carbonyl (C=O) groups excluding carboxylic acids is 1. The number of hydrogen-bond donors (Lipinski definition) is 1. The summed E-state index contributed by atoms with van der Waals surface area (Å²) < 4.78 is 1.54. The molecule has 24 heavy (non-hydrogen) atoms. The van der Waals surface area contributed by atoms with Crippen LogP contribution in [0.15, 0.2) is 54.3 Å². The first-order chi connectivity index (χ1) is 11.7. The lowest BCUT2D eigenvalue weighted by atomic mass is 10.1. The Kier molecular flexibility index (Phi) is 3.55. The first kappa shape index (κ1) is 14.5. The Balaban J connectivity index is 1.63. The van der Waals surface area contributed by atoms with Gasteiger partial charge in [-0.3, -0.25) is 14.5 Å². The van der Waals surface area contributed by atoms with E-state index in [4.69, 9.17) is 0 Å². The van der Waals surface area contributed by atoms with Crippen LogP contribution in [0.3, 0.4) is 0 Å². The number of thiazole rings is 1. The number of fused-ring (bicyclic) bond motifs is 1. The number of amides is 1. The van der Waals surface area contributed by atoms with E-state index in [1.807, 2.05) is 29.6 Å². The molecular weight excluding hydrogens is 322 g/mol. The number of hydrogen-bond acceptors (Lipinski definition) is 5. The van der Waals surface area contributed by atoms with Crippen molar-refractivity contribution in [2.45, 2.75) is 0 Å². The molecule has 118 valence electrons. The minimum absolute atomic E-state index is 0.200. The molecule has 4 rings (SSSR count). The van der Waals surface area contributed by atoms with Crippen LogP contribution in [0.2, 0.25) is 0 Å². The topological polar surface area (TPSA) is 72.7 Å². The largest absolute Gasteiger partial charge is 0.321 e. The normalized spacial score (nSPS) is 10.9. The summed E-state index contributed by atoms with van der Waals surface area (Å²) in [6.45, 7) is 0. The van der Waals surface area contributed by atoms with Gasteiger partial charge in [0.2, 0.25) is 0 Å². The fraction of sp³-hybridized carbons (Fsp3) is 0.0588. The van der Waals surface area contributed by atoms with E-state index in [9.17, 15) is 4.79 Å². The first-order valence-electron chi connectivity index (χ1n) is 7.30. The third-order valence-electron chi connectivity index (χ3n) is 3.67. The van der Waals surface area contributed by atoms with E-state index < -0.39 is 0 Å². The molecule has 7 heteroatoms. The summed E-state index contributed by atoms with van der Waals surface area (Å²) >= 11 is 1.58. The van der Waals surface area contributed by atoms with Crippen molar-refractivity contribution in [1.29, 1.82) is 0 Å². The Morgan fingerprint density at radius 2 is 2.08 bits per heavy atom. The van der Waals surface area contributed by atoms with Gasteiger partial charge >= 0.3 is 0 Å². The molecule has 0 bridgehead atoms. The van der Waals surface area contributed by atoms with Gasteiger partial charge in [0.15, 0.2) is 0 Å². The highest BCUT2D eigenvalue weighted by Crippen LogP contribution is 2.25. The Morgan fingerprint density at radius 3 is 2.83 bits per heavy atom. The molecule has 0 radical (unpaired) electrons. The average Bonchev–Trinajstić information content (AvgIpc) is 3.26. The van der Waals surface area contributed by atoms with Crippen LogP contribution in [0.5, 0.6) is 0 Å². The predicted octanol–water partition coefficient (Wildman–Crippen LogP) is 3.34. The average molecular weight is 335 g/mol. The van der Waals surface area contributed by atoms with Crippen LogP contribution in [0.25, 0.3) is 21.5 Å². The number of aromatic nitrogens is 4. The van der Waals surface area contributed by atoms with E-state index in [0.717, 1.165) is 21.5 Å². The number of pyridine rings is 1. The van der Waals surface area contributed by atoms with Gasteiger partial charge in [-0.15, -0.1) is 11.3 Å². The van der Waals surface area contributed by atoms with Crippen molar-refractivity contribution in [2.75, 3.05) is 5.32 Å². The molecule has 0 aliphatic carbocycles. The fourth-order valence-corrected chi connectivity index (χ4v) is 3.09. The molecule has 1 aromatic carbocycles. The zero-order valence-corrected chi connectivity index (χ0v) is 13.6. The van der Waals surface area contributed by atoms with Crippen LogP contribution in [0.1, 0.15) is 10.5 Å². The SMILES string of the molecule is Cn1nccc1C(=O)Nc1ccc2cc(-c3nccs3)cnc2c1. The number of carbonyl (C=O) groups is 1. The number of nitrogens with zero attached hydrogens (tertiary/aromatic N) is 4. The van der Waals surface area contributed by atoms with Gasteiger partial charge in [-0.2, -0.15) is 5.10 Å². The summed E-state index contributed by atoms with van der Waals surface area (Å²) in [5.74, 6) is -0.200. The van der Waals surface area contributed by atoms with Crippen molar-refractivity contribution in [3.63, 3.8) is 0 Å². The highest BCUT2D eigenvalue weighted by Gasteiger charge is 2.11. The van der Waals surface area contributed by atoms with Gasteiger partial charge in [0.1, 0.15) is 10.7 Å². The molecule has 1 N–H and O–H groups in total. The molecule has 0 fully saturated rings. The molecule has 4 aromatic rings. The molecule has 0 saturated heterocycles. The van der Waals surface area contributed by atoms with Crippen LogP contribution in [-0.2, 0) is 7.05 Å². The van der Waals surface area contributed by atoms with Crippen LogP contribution < -0.4 is 5.32 Å². The maximum Gasteiger partial charge on any atom is 0.273 e. The maximum absolute atomic E-state index is 12.2. The lowest BCUT2D eigenvalue weighted by Crippen LogP contribution is -2.16. The maximum atomic E-state index is 12.2. The van der Waals surface area contributed by atoms with Gasteiger partial charge in [0.25, 0.3) is 5.91 Å². The number of benzene rings is 1. The molecule has 3 aromatic heterocycles. The Labute approximate surface area is 141 Å². The summed E-state index contributed by atoms with van der Waals surface area (Å²) in [4.78, 5) is 21.0. The van der Waals surface area contributed by atoms with Crippen LogP contribution >= 0.6 is 11.3 Å². The molecule has 3 heterocycles. The second kappa shape index (κ2) is 5.86. The molecular formula is C17H13N5OS. The third kappa shape index (κ3) is 2.65. The lowest BCUT2D eigenvalue weighted by Gasteiger charge is -2.07. The van der Waals surface area contributed by atoms with Crippen molar-refractivity contribution >= 4 is 33.8 Å². The molecule has 0 atom stereocenters. The van der Waals surface area contributed by atoms with E-state index in [-0.39, 0.29) is 5.91 Å². The number of aryl methyl sites for hydroxylation is 1. The second-order valence-electron chi connectivity index (χ2n) is 5.26. The van der Waals surface area contributed by atoms with Gasteiger partial charge in [0.05, 0.1) is 5.52 Å². The van der Waals surface area contributed by atoms with Crippen molar-refractivity contribution in [1.82, 2.24) is 19.7 Å². The lowest BCUT2D eigenvalue weighted by molar-refractivity contribution is 0.101. The molecule has 0 aliphatic heterocycles. The summed E-state index contributed by atoms with van der Waals surface area (Å²) in [5.41, 5.74) is 3.01. The van der Waals surface area contributed by atoms with Gasteiger partial charge < -0.3 is 5.32 Å². The standard InChI is InChI=1S/C17H13N5OS/c1-22-15(4-5-20-22)16(23)21-13-3-2-11-8-12(10-19-14(11)9-13)17-18-6-7-24-17/h2-10H,1H3,(H,21,23). The van der Waals surface area contributed by atoms with E-state index >= 15 is 0 Å². The van der Waals surface area contributed by atoms with Crippen molar-refractivity contribution in [2.24, 2.45) is 7.05 Å². The van der Waals surface area contributed by atoms with Crippen LogP contribution in [0, 0.1) is 0 Å². The third-order valence-corrected chi connectivity index (χ3v) is 4.50. The zero-order valence-electron chi connectivity index (χ0n) is 12.8. The van der Waals surface area contributed by atoms with Gasteiger partial charge in [0, 0.05) is 47.7 Å². The van der Waals surface area contributed by atoms with E-state index in [1.165, 1.54) is 4.68 Å². The zero-order chi connectivity index (χ0) is 16.5. The molecule has 1 amide bonds. The van der Waals surface area contributed by atoms with E-state index in [1.54, 1.807) is 43.0 Å². The fourth-order valence-electron chi connectivity index (χ4n) is 2.47. The van der Waals surface area contributed by atoms with Crippen LogP contribution in [-0.4, -0.2) is 25.7 Å². The minimum Gasteiger partial charge on any atom is -0.321 e. The summed E-state index contributed by atoms with van der Waals surface area (Å²) in [7, 11) is 1.73. The molecule has 0 spiro atoms. The monoisotopic (exact) mass is 335 g/mol. The highest BCUT2D eigenvalue weighted by atomic mass is 32.1. The van der Waals surface area contributed by atoms with E-state index in [0.29, 0.717) is 11.4 Å². The molecule has 0 unspecified atom stereocenters. The van der Waals surface area contributed by atoms with Gasteiger partial charge in [-0.05, 0) is 24.3 Å². The molecule has 0 saturated carbocycles. The highest BCUT2D eigenvalue weighted by molar-refractivity contribution is 7.13. The van der Waals surface area contributed by atoms with Gasteiger partial charge in [-0.1, -0.05) is 6.07 Å². The summed E-state index contributed by atoms with van der Waals surface area (Å²) in [5, 5.41) is 10.8. The Bertz CT molecular complexity index is 1020. The summed E-state index contributed by atoms with van der Waals surface area (Å²) in [6.07, 6.45) is 5.17. The second-order valence-corrected chi connectivity index (χ2v) is 6.16. The smallest absolute Gasteiger partial charge is 0.273 e. The van der Waals surface area contributed by atoms with Crippen LogP contribution in [0.4, 0.5) is 5.69 Å². The predicted molar refractivity (Wildman–Crippen MR) is 94.0 cm³/mol. The number of nitrogens with one attached hydrogen (secondary N) is 1. The van der Waals surface area contributed by atoms with E-state index in [2.05, 4.69) is 20.4 Å². The number of rotatable bonds is 3. The number of anilines is 1. The summed E-state index contributed by atoms with van der Waals surface area (Å²) in [6, 6.07) is 9.39. The molecule has 0 aliphatic rings. The quantitative estimate of drug-likeness (QED) is 0.623. The first-order valence-corrected chi connectivity index (χ1v) is 8.18. The van der Waals surface area contributed by atoms with Crippen molar-refractivity contribution in [3.8, 4) is 10.6 Å². The Morgan fingerprint density at radius 1 is 1.17 bits per heavy atom. The minimum atomic E-state index is -0.200. The van der Waals surface area contributed by atoms with Gasteiger partial charge in [-0.25, -0.2) is 4.98 Å². The van der Waals surface area contributed by atoms with Crippen molar-refractivity contribution < 1.29 is 4.79 Å². The molecule has 6 nitrogen and oxygen atoms in total. The Hall–Kier alpha value is -3.06.